The van der Waals surface area contributed by atoms with Crippen LogP contribution in [-0.2, 0) is 16.2 Å². The van der Waals surface area contributed by atoms with Crippen molar-refractivity contribution in [2.75, 3.05) is 0 Å². The molecule has 0 amide bonds. The van der Waals surface area contributed by atoms with Crippen LogP contribution in [0.15, 0.2) is 146 Å². The molecule has 7 rings (SSSR count). The molecule has 0 aliphatic rings. The third-order valence-electron chi connectivity index (χ3n) is 11.4. The number of hydrogen-bond acceptors (Lipinski definition) is 6. The van der Waals surface area contributed by atoms with Crippen molar-refractivity contribution in [1.29, 1.82) is 0 Å². The zero-order valence-corrected chi connectivity index (χ0v) is 36.3. The van der Waals surface area contributed by atoms with Crippen LogP contribution in [0.5, 0.6) is 51.7 Å². The van der Waals surface area contributed by atoms with Crippen LogP contribution < -0.4 is 14.2 Å². The maximum atomic E-state index is 9.83. The quantitative estimate of drug-likeness (QED) is 0.113. The number of benzene rings is 7. The average molecular weight is 860 g/mol. The highest BCUT2D eigenvalue weighted by molar-refractivity contribution is 6.44. The molecule has 6 nitrogen and oxygen atoms in total. The number of halogens is 3. The second-order valence-corrected chi connectivity index (χ2v) is 17.5. The van der Waals surface area contributed by atoms with Crippen LogP contribution in [-0.4, -0.2) is 15.3 Å². The number of rotatable bonds is 12. The van der Waals surface area contributed by atoms with Crippen LogP contribution in [0.25, 0.3) is 0 Å². The first-order valence-corrected chi connectivity index (χ1v) is 20.5. The third-order valence-corrected chi connectivity index (χ3v) is 12.4. The van der Waals surface area contributed by atoms with E-state index in [0.717, 1.165) is 33.4 Å². The largest absolute Gasteiger partial charge is 0.508 e. The molecule has 0 aliphatic heterocycles. The molecule has 3 N–H and O–H groups in total. The second kappa shape index (κ2) is 16.7. The average Bonchev–Trinajstić information content (AvgIpc) is 3.23. The molecule has 0 atom stereocenters. The van der Waals surface area contributed by atoms with Crippen molar-refractivity contribution >= 4 is 34.8 Å². The van der Waals surface area contributed by atoms with Gasteiger partial charge in [0.2, 0.25) is 0 Å². The van der Waals surface area contributed by atoms with Crippen LogP contribution in [0, 0.1) is 0 Å². The molecule has 0 unspecified atom stereocenters. The SMILES string of the molecule is CC(C)(c1ccc(O)cc1)c1ccc(Oc2c(Cl)c(Oc3ccc(C(C)(C)c4ccc(O)cc4)cc3)c(Cl)c(Oc3ccc(C(C)(C)c4ccc(O)cc4)cc3)c2Cl)cc1. The van der Waals surface area contributed by atoms with Crippen molar-refractivity contribution in [2.24, 2.45) is 0 Å². The Labute approximate surface area is 366 Å². The lowest BCUT2D eigenvalue weighted by Crippen LogP contribution is -2.18. The molecule has 306 valence electrons. The Morgan fingerprint density at radius 2 is 0.467 bits per heavy atom. The molecule has 0 spiro atoms. The van der Waals surface area contributed by atoms with E-state index in [1.54, 1.807) is 36.4 Å². The third kappa shape index (κ3) is 8.60. The first-order valence-electron chi connectivity index (χ1n) is 19.4. The zero-order chi connectivity index (χ0) is 43.0. The Hall–Kier alpha value is -5.79. The molecule has 0 aromatic heterocycles. The van der Waals surface area contributed by atoms with E-state index < -0.39 is 0 Å². The fourth-order valence-electron chi connectivity index (χ4n) is 7.17. The normalized spacial score (nSPS) is 11.9. The topological polar surface area (TPSA) is 88.4 Å². The van der Waals surface area contributed by atoms with Crippen molar-refractivity contribution < 1.29 is 29.5 Å². The summed E-state index contributed by atoms with van der Waals surface area (Å²) in [5, 5.41) is 29.6. The summed E-state index contributed by atoms with van der Waals surface area (Å²) in [4.78, 5) is 0. The van der Waals surface area contributed by atoms with E-state index in [-0.39, 0.29) is 65.8 Å². The minimum Gasteiger partial charge on any atom is -0.508 e. The Kier molecular flexibility index (Phi) is 11.8. The minimum atomic E-state index is -0.368. The van der Waals surface area contributed by atoms with Crippen LogP contribution in [0.2, 0.25) is 15.1 Å². The lowest BCUT2D eigenvalue weighted by Gasteiger charge is -2.27. The number of ether oxygens (including phenoxy) is 3. The van der Waals surface area contributed by atoms with Crippen LogP contribution >= 0.6 is 34.8 Å². The Bertz CT molecular complexity index is 2290. The molecule has 7 aromatic carbocycles. The smallest absolute Gasteiger partial charge is 0.172 e. The molecule has 60 heavy (non-hydrogen) atoms. The minimum absolute atomic E-state index is 0.0466. The summed E-state index contributed by atoms with van der Waals surface area (Å²) in [6, 6.07) is 44.3. The summed E-state index contributed by atoms with van der Waals surface area (Å²) in [5.74, 6) is 2.29. The van der Waals surface area contributed by atoms with Gasteiger partial charge in [-0.2, -0.15) is 0 Å². The molecular weight excluding hydrogens is 815 g/mol. The Balaban J connectivity index is 1.23. The van der Waals surface area contributed by atoms with Crippen molar-refractivity contribution in [3.63, 3.8) is 0 Å². The molecule has 0 heterocycles. The lowest BCUT2D eigenvalue weighted by molar-refractivity contribution is 0.440. The van der Waals surface area contributed by atoms with Gasteiger partial charge in [-0.05, 0) is 106 Å². The van der Waals surface area contributed by atoms with Crippen molar-refractivity contribution in [2.45, 2.75) is 57.8 Å². The highest BCUT2D eigenvalue weighted by Crippen LogP contribution is 2.55. The summed E-state index contributed by atoms with van der Waals surface area (Å²) < 4.78 is 19.3. The van der Waals surface area contributed by atoms with E-state index in [0.29, 0.717) is 17.2 Å². The fourth-order valence-corrected chi connectivity index (χ4v) is 8.12. The molecule has 0 saturated heterocycles. The molecule has 7 aromatic rings. The first kappa shape index (κ1) is 42.3. The lowest BCUT2D eigenvalue weighted by atomic mass is 9.78. The van der Waals surface area contributed by atoms with E-state index in [4.69, 9.17) is 49.0 Å². The highest BCUT2D eigenvalue weighted by atomic mass is 35.5. The second-order valence-electron chi connectivity index (χ2n) is 16.3. The Morgan fingerprint density at radius 1 is 0.300 bits per heavy atom. The number of phenols is 3. The monoisotopic (exact) mass is 858 g/mol. The van der Waals surface area contributed by atoms with Gasteiger partial charge in [-0.1, -0.05) is 149 Å². The highest BCUT2D eigenvalue weighted by Gasteiger charge is 2.29. The predicted octanol–water partition coefficient (Wildman–Crippen LogP) is 15.1. The summed E-state index contributed by atoms with van der Waals surface area (Å²) in [7, 11) is 0. The van der Waals surface area contributed by atoms with Gasteiger partial charge in [0.15, 0.2) is 17.2 Å². The van der Waals surface area contributed by atoms with Gasteiger partial charge in [0, 0.05) is 16.2 Å². The molecule has 0 bridgehead atoms. The van der Waals surface area contributed by atoms with E-state index in [1.807, 2.05) is 109 Å². The van der Waals surface area contributed by atoms with Crippen LogP contribution in [0.1, 0.15) is 74.9 Å². The first-order chi connectivity index (χ1) is 28.4. The molecule has 9 heteroatoms. The van der Waals surface area contributed by atoms with Crippen molar-refractivity contribution in [3.8, 4) is 51.7 Å². The number of aromatic hydroxyl groups is 3. The Morgan fingerprint density at radius 3 is 0.650 bits per heavy atom. The van der Waals surface area contributed by atoms with Crippen molar-refractivity contribution in [1.82, 2.24) is 0 Å². The predicted molar refractivity (Wildman–Crippen MR) is 242 cm³/mol. The van der Waals surface area contributed by atoms with Gasteiger partial charge in [0.05, 0.1) is 0 Å². The maximum Gasteiger partial charge on any atom is 0.172 e. The summed E-state index contributed by atoms with van der Waals surface area (Å²) in [6.45, 7) is 12.6. The summed E-state index contributed by atoms with van der Waals surface area (Å²) >= 11 is 21.3. The van der Waals surface area contributed by atoms with Crippen molar-refractivity contribution in [3.05, 3.63) is 194 Å². The standard InChI is InChI=1S/C51H45Cl3O6/c1-49(2,31-7-19-37(55)20-8-31)34-13-25-40(26-14-34)58-46-43(52)47(59-41-27-15-35(16-28-41)50(3,4)32-9-21-38(56)22-10-32)45(54)48(44(46)53)60-42-29-17-36(18-30-42)51(5,6)33-11-23-39(57)24-12-33/h7-30,55-57H,1-6H3. The van der Waals surface area contributed by atoms with Crippen LogP contribution in [0.3, 0.4) is 0 Å². The zero-order valence-electron chi connectivity index (χ0n) is 34.1. The maximum absolute atomic E-state index is 9.83. The van der Waals surface area contributed by atoms with E-state index >= 15 is 0 Å². The van der Waals surface area contributed by atoms with Crippen LogP contribution in [0.4, 0.5) is 0 Å². The van der Waals surface area contributed by atoms with E-state index in [2.05, 4.69) is 41.5 Å². The molecule has 0 fully saturated rings. The van der Waals surface area contributed by atoms with Gasteiger partial charge in [0.1, 0.15) is 49.6 Å². The number of hydrogen-bond donors (Lipinski definition) is 3. The van der Waals surface area contributed by atoms with Gasteiger partial charge in [-0.15, -0.1) is 0 Å². The van der Waals surface area contributed by atoms with Gasteiger partial charge in [0.25, 0.3) is 0 Å². The van der Waals surface area contributed by atoms with Gasteiger partial charge >= 0.3 is 0 Å². The molecular formula is C51H45Cl3O6. The summed E-state index contributed by atoms with van der Waals surface area (Å²) in [5.41, 5.74) is 5.08. The van der Waals surface area contributed by atoms with E-state index in [1.165, 1.54) is 0 Å². The fraction of sp³-hybridized carbons (Fsp3) is 0.176. The molecule has 0 aliphatic carbocycles. The van der Waals surface area contributed by atoms with E-state index in [9.17, 15) is 15.3 Å². The van der Waals surface area contributed by atoms with Gasteiger partial charge in [-0.25, -0.2) is 0 Å². The van der Waals surface area contributed by atoms with Gasteiger partial charge < -0.3 is 29.5 Å². The number of phenolic OH excluding ortho intramolecular Hbond substituents is 3. The van der Waals surface area contributed by atoms with Gasteiger partial charge in [-0.3, -0.25) is 0 Å². The molecule has 0 radical (unpaired) electrons. The molecule has 0 saturated carbocycles. The summed E-state index contributed by atoms with van der Waals surface area (Å²) in [6.07, 6.45) is 0.